The third kappa shape index (κ3) is 2.47. The van der Waals surface area contributed by atoms with Gasteiger partial charge in [-0.05, 0) is 37.1 Å². The van der Waals surface area contributed by atoms with Crippen molar-refractivity contribution in [3.8, 4) is 6.07 Å². The molecule has 0 spiro atoms. The van der Waals surface area contributed by atoms with E-state index >= 15 is 0 Å². The van der Waals surface area contributed by atoms with Crippen molar-refractivity contribution in [3.63, 3.8) is 0 Å². The van der Waals surface area contributed by atoms with Gasteiger partial charge in [-0.3, -0.25) is 9.59 Å². The van der Waals surface area contributed by atoms with E-state index in [1.54, 1.807) is 30.3 Å². The van der Waals surface area contributed by atoms with Crippen molar-refractivity contribution in [2.45, 2.75) is 13.8 Å². The van der Waals surface area contributed by atoms with Crippen LogP contribution in [0.1, 0.15) is 31.8 Å². The molecule has 0 N–H and O–H groups in total. The van der Waals surface area contributed by atoms with E-state index in [-0.39, 0.29) is 17.3 Å². The van der Waals surface area contributed by atoms with E-state index in [9.17, 15) is 14.9 Å². The zero-order chi connectivity index (χ0) is 16.6. The molecule has 23 heavy (non-hydrogen) atoms. The molecule has 3 rings (SSSR count). The molecule has 0 aromatic heterocycles. The molecule has 1 aliphatic carbocycles. The predicted molar refractivity (Wildman–Crippen MR) is 87.2 cm³/mol. The average Bonchev–Trinajstić information content (AvgIpc) is 2.56. The maximum absolute atomic E-state index is 12.7. The Morgan fingerprint density at radius 2 is 1.70 bits per heavy atom. The normalized spacial score (nSPS) is 18.7. The molecular formula is C19H14N2O2. The summed E-state index contributed by atoms with van der Waals surface area (Å²) in [5.41, 5.74) is 3.33. The van der Waals surface area contributed by atoms with Crippen LogP contribution in [0.5, 0.6) is 0 Å². The van der Waals surface area contributed by atoms with Crippen LogP contribution >= 0.6 is 0 Å². The fourth-order valence-electron chi connectivity index (χ4n) is 2.61. The molecule has 0 heterocycles. The highest BCUT2D eigenvalue weighted by Crippen LogP contribution is 2.26. The van der Waals surface area contributed by atoms with Crippen molar-refractivity contribution in [3.05, 3.63) is 64.7 Å². The third-order valence-electron chi connectivity index (χ3n) is 4.07. The van der Waals surface area contributed by atoms with Gasteiger partial charge in [-0.25, -0.2) is 4.99 Å². The first-order valence-corrected chi connectivity index (χ1v) is 7.26. The van der Waals surface area contributed by atoms with Crippen LogP contribution in [0.2, 0.25) is 0 Å². The van der Waals surface area contributed by atoms with Crippen LogP contribution in [0.25, 0.3) is 0 Å². The second-order valence-electron chi connectivity index (χ2n) is 5.57. The standard InChI is InChI=1S/C19H14N2O2/c1-11-7-8-13(9-12(11)2)21-17-16(10-20)18(22)14-5-3-4-6-15(14)19(17)23/h3-9,16H,1-2H3. The minimum Gasteiger partial charge on any atom is -0.292 e. The van der Waals surface area contributed by atoms with Crippen molar-refractivity contribution in [1.29, 1.82) is 5.26 Å². The van der Waals surface area contributed by atoms with Crippen LogP contribution in [0.4, 0.5) is 5.69 Å². The summed E-state index contributed by atoms with van der Waals surface area (Å²) in [6, 6.07) is 14.0. The van der Waals surface area contributed by atoms with Crippen molar-refractivity contribution >= 4 is 23.0 Å². The van der Waals surface area contributed by atoms with Crippen LogP contribution < -0.4 is 0 Å². The molecule has 0 amide bonds. The van der Waals surface area contributed by atoms with Gasteiger partial charge >= 0.3 is 0 Å². The second-order valence-corrected chi connectivity index (χ2v) is 5.57. The Morgan fingerprint density at radius 3 is 2.35 bits per heavy atom. The number of Topliss-reactive ketones (excluding diaryl/α,β-unsaturated/α-hetero) is 2. The Labute approximate surface area is 134 Å². The van der Waals surface area contributed by atoms with Crippen molar-refractivity contribution < 1.29 is 9.59 Å². The summed E-state index contributed by atoms with van der Waals surface area (Å²) in [7, 11) is 0. The van der Waals surface area contributed by atoms with Crippen LogP contribution in [-0.4, -0.2) is 17.3 Å². The largest absolute Gasteiger partial charge is 0.292 e. The number of fused-ring (bicyclic) bond motifs is 1. The molecule has 0 aliphatic heterocycles. The monoisotopic (exact) mass is 302 g/mol. The highest BCUT2D eigenvalue weighted by molar-refractivity contribution is 6.54. The van der Waals surface area contributed by atoms with Crippen molar-refractivity contribution in [1.82, 2.24) is 0 Å². The molecule has 0 bridgehead atoms. The first kappa shape index (κ1) is 14.9. The molecule has 112 valence electrons. The fraction of sp³-hybridized carbons (Fsp3) is 0.158. The number of nitrogens with zero attached hydrogens (tertiary/aromatic N) is 2. The van der Waals surface area contributed by atoms with Crippen molar-refractivity contribution in [2.75, 3.05) is 0 Å². The van der Waals surface area contributed by atoms with Gasteiger partial charge in [0.25, 0.3) is 0 Å². The number of benzene rings is 2. The van der Waals surface area contributed by atoms with Crippen LogP contribution in [-0.2, 0) is 0 Å². The summed E-state index contributed by atoms with van der Waals surface area (Å²) in [6.07, 6.45) is 0. The summed E-state index contributed by atoms with van der Waals surface area (Å²) in [6.45, 7) is 3.93. The zero-order valence-electron chi connectivity index (χ0n) is 12.8. The Kier molecular flexibility index (Phi) is 3.63. The van der Waals surface area contributed by atoms with Gasteiger partial charge in [0.15, 0.2) is 11.7 Å². The van der Waals surface area contributed by atoms with Crippen LogP contribution in [0.3, 0.4) is 0 Å². The summed E-state index contributed by atoms with van der Waals surface area (Å²) in [4.78, 5) is 29.4. The van der Waals surface area contributed by atoms with E-state index in [4.69, 9.17) is 0 Å². The van der Waals surface area contributed by atoms with Gasteiger partial charge in [0.2, 0.25) is 5.78 Å². The molecule has 2 aromatic rings. The highest BCUT2D eigenvalue weighted by Gasteiger charge is 2.38. The van der Waals surface area contributed by atoms with Crippen LogP contribution in [0, 0.1) is 31.1 Å². The molecule has 0 saturated carbocycles. The Bertz CT molecular complexity index is 904. The molecule has 2 aromatic carbocycles. The number of hydrogen-bond acceptors (Lipinski definition) is 4. The van der Waals surface area contributed by atoms with E-state index in [0.717, 1.165) is 11.1 Å². The number of carbonyl (C=O) groups excluding carboxylic acids is 2. The minimum atomic E-state index is -1.15. The van der Waals surface area contributed by atoms with E-state index in [1.807, 2.05) is 32.0 Å². The van der Waals surface area contributed by atoms with Gasteiger partial charge in [-0.1, -0.05) is 30.3 Å². The third-order valence-corrected chi connectivity index (χ3v) is 4.07. The highest BCUT2D eigenvalue weighted by atomic mass is 16.1. The number of nitriles is 1. The van der Waals surface area contributed by atoms with Gasteiger partial charge in [0, 0.05) is 11.1 Å². The smallest absolute Gasteiger partial charge is 0.209 e. The first-order chi connectivity index (χ1) is 11.0. The van der Waals surface area contributed by atoms with E-state index in [1.165, 1.54) is 0 Å². The van der Waals surface area contributed by atoms with Gasteiger partial charge in [0.1, 0.15) is 5.71 Å². The lowest BCUT2D eigenvalue weighted by atomic mass is 9.81. The Morgan fingerprint density at radius 1 is 1.00 bits per heavy atom. The summed E-state index contributed by atoms with van der Waals surface area (Å²) >= 11 is 0. The lowest BCUT2D eigenvalue weighted by Gasteiger charge is -2.19. The van der Waals surface area contributed by atoms with E-state index in [0.29, 0.717) is 16.8 Å². The van der Waals surface area contributed by atoms with E-state index in [2.05, 4.69) is 4.99 Å². The SMILES string of the molecule is Cc1ccc(N=C2C(=O)c3ccccc3C(=O)C2C#N)cc1C. The van der Waals surface area contributed by atoms with Gasteiger partial charge < -0.3 is 0 Å². The quantitative estimate of drug-likeness (QED) is 0.808. The topological polar surface area (TPSA) is 70.3 Å². The number of aliphatic imine (C=N–C) groups is 1. The number of rotatable bonds is 1. The zero-order valence-corrected chi connectivity index (χ0v) is 12.8. The Hall–Kier alpha value is -3.06. The van der Waals surface area contributed by atoms with Gasteiger partial charge in [-0.2, -0.15) is 5.26 Å². The summed E-state index contributed by atoms with van der Waals surface area (Å²) < 4.78 is 0. The molecule has 4 nitrogen and oxygen atoms in total. The minimum absolute atomic E-state index is 0.000506. The van der Waals surface area contributed by atoms with Crippen LogP contribution in [0.15, 0.2) is 47.5 Å². The lowest BCUT2D eigenvalue weighted by molar-refractivity contribution is 0.0940. The summed E-state index contributed by atoms with van der Waals surface area (Å²) in [5.74, 6) is -1.88. The average molecular weight is 302 g/mol. The summed E-state index contributed by atoms with van der Waals surface area (Å²) in [5, 5.41) is 9.35. The van der Waals surface area contributed by atoms with Crippen molar-refractivity contribution in [2.24, 2.45) is 10.9 Å². The molecule has 0 saturated heterocycles. The number of hydrogen-bond donors (Lipinski definition) is 0. The molecule has 4 heteroatoms. The molecule has 1 unspecified atom stereocenters. The lowest BCUT2D eigenvalue weighted by Crippen LogP contribution is -2.36. The second kappa shape index (κ2) is 5.62. The molecule has 1 atom stereocenters. The maximum atomic E-state index is 12.7. The van der Waals surface area contributed by atoms with Gasteiger partial charge in [0.05, 0.1) is 11.8 Å². The fourth-order valence-corrected chi connectivity index (χ4v) is 2.61. The van der Waals surface area contributed by atoms with Gasteiger partial charge in [-0.15, -0.1) is 0 Å². The predicted octanol–water partition coefficient (Wildman–Crippen LogP) is 3.59. The molecular weight excluding hydrogens is 288 g/mol. The molecule has 1 aliphatic rings. The Balaban J connectivity index is 2.16. The maximum Gasteiger partial charge on any atom is 0.209 e. The number of aryl methyl sites for hydroxylation is 2. The first-order valence-electron chi connectivity index (χ1n) is 7.26. The number of carbonyl (C=O) groups is 2. The molecule has 0 radical (unpaired) electrons. The number of ketones is 2. The molecule has 0 fully saturated rings. The van der Waals surface area contributed by atoms with E-state index < -0.39 is 5.92 Å².